The Balaban J connectivity index is 1.88. The van der Waals surface area contributed by atoms with Gasteiger partial charge >= 0.3 is 10.1 Å². The number of carbonyl (C=O) groups is 2. The third-order valence-electron chi connectivity index (χ3n) is 3.76. The van der Waals surface area contributed by atoms with Crippen molar-refractivity contribution in [3.8, 4) is 0 Å². The van der Waals surface area contributed by atoms with Crippen molar-refractivity contribution in [3.05, 3.63) is 65.2 Å². The van der Waals surface area contributed by atoms with E-state index < -0.39 is 21.9 Å². The minimum absolute atomic E-state index is 0.118. The van der Waals surface area contributed by atoms with Gasteiger partial charge in [0, 0.05) is 0 Å². The molecule has 0 saturated heterocycles. The summed E-state index contributed by atoms with van der Waals surface area (Å²) in [5.41, 5.74) is 1.20. The molecule has 2 aromatic carbocycles. The fourth-order valence-electron chi connectivity index (χ4n) is 2.40. The molecule has 0 unspecified atom stereocenters. The van der Waals surface area contributed by atoms with Crippen LogP contribution in [0.2, 0.25) is 0 Å². The zero-order chi connectivity index (χ0) is 17.5. The van der Waals surface area contributed by atoms with Crippen LogP contribution in [0.3, 0.4) is 0 Å². The summed E-state index contributed by atoms with van der Waals surface area (Å²) >= 11 is 0. The number of hydrogen-bond acceptors (Lipinski definition) is 5. The Hall–Kier alpha value is -2.51. The molecule has 1 aliphatic rings. The quantitative estimate of drug-likeness (QED) is 0.796. The summed E-state index contributed by atoms with van der Waals surface area (Å²) in [5.74, 6) is -1.34. The molecule has 3 rings (SSSR count). The molecule has 1 heterocycles. The Morgan fingerprint density at radius 1 is 0.875 bits per heavy atom. The third-order valence-corrected chi connectivity index (χ3v) is 4.96. The van der Waals surface area contributed by atoms with Crippen LogP contribution in [0, 0.1) is 0 Å². The van der Waals surface area contributed by atoms with Gasteiger partial charge in [-0.25, -0.2) is 0 Å². The van der Waals surface area contributed by atoms with E-state index in [2.05, 4.69) is 0 Å². The average Bonchev–Trinajstić information content (AvgIpc) is 2.80. The van der Waals surface area contributed by atoms with E-state index in [9.17, 15) is 18.0 Å². The second kappa shape index (κ2) is 5.85. The third kappa shape index (κ3) is 2.72. The molecule has 0 aromatic heterocycles. The van der Waals surface area contributed by atoms with Crippen molar-refractivity contribution < 1.29 is 22.3 Å². The maximum absolute atomic E-state index is 12.3. The summed E-state index contributed by atoms with van der Waals surface area (Å²) in [7, 11) is -4.29. The van der Waals surface area contributed by atoms with Crippen LogP contribution in [-0.4, -0.2) is 25.3 Å². The van der Waals surface area contributed by atoms with Gasteiger partial charge < -0.3 is 0 Å². The number of nitrogens with zero attached hydrogens (tertiary/aromatic N) is 1. The van der Waals surface area contributed by atoms with E-state index in [1.165, 1.54) is 24.3 Å². The molecule has 0 saturated carbocycles. The zero-order valence-corrected chi connectivity index (χ0v) is 13.9. The van der Waals surface area contributed by atoms with Gasteiger partial charge in [-0.3, -0.25) is 9.59 Å². The largest absolute Gasteiger partial charge is 0.318 e. The van der Waals surface area contributed by atoms with Gasteiger partial charge in [0.05, 0.1) is 16.0 Å². The molecule has 6 nitrogen and oxygen atoms in total. The lowest BCUT2D eigenvalue weighted by molar-refractivity contribution is -0.0103. The highest BCUT2D eigenvalue weighted by molar-refractivity contribution is 7.86. The Kier molecular flexibility index (Phi) is 3.98. The molecule has 0 bridgehead atoms. The summed E-state index contributed by atoms with van der Waals surface area (Å²) in [4.78, 5) is 24.2. The van der Waals surface area contributed by atoms with E-state index in [1.54, 1.807) is 24.3 Å². The highest BCUT2D eigenvalue weighted by atomic mass is 32.2. The number of carbonyl (C=O) groups excluding carboxylic acids is 2. The van der Waals surface area contributed by atoms with Crippen molar-refractivity contribution in [2.24, 2.45) is 0 Å². The molecule has 0 fully saturated rings. The van der Waals surface area contributed by atoms with E-state index in [1.807, 2.05) is 13.8 Å². The molecular weight excluding hydrogens is 330 g/mol. The van der Waals surface area contributed by atoms with Gasteiger partial charge in [0.1, 0.15) is 0 Å². The van der Waals surface area contributed by atoms with Crippen molar-refractivity contribution in [3.63, 3.8) is 0 Å². The first-order valence-electron chi connectivity index (χ1n) is 7.33. The molecule has 1 aliphatic heterocycles. The highest BCUT2D eigenvalue weighted by Gasteiger charge is 2.39. The molecular formula is C17H15NO5S. The van der Waals surface area contributed by atoms with Crippen LogP contribution in [0.4, 0.5) is 0 Å². The van der Waals surface area contributed by atoms with E-state index in [-0.39, 0.29) is 27.0 Å². The van der Waals surface area contributed by atoms with Crippen molar-refractivity contribution in [1.82, 2.24) is 5.06 Å². The first-order chi connectivity index (χ1) is 11.3. The Morgan fingerprint density at radius 3 is 1.83 bits per heavy atom. The predicted octanol–water partition coefficient (Wildman–Crippen LogP) is 2.73. The van der Waals surface area contributed by atoms with Crippen LogP contribution in [0.1, 0.15) is 46.0 Å². The van der Waals surface area contributed by atoms with Crippen molar-refractivity contribution >= 4 is 21.9 Å². The first-order valence-corrected chi connectivity index (χ1v) is 8.74. The van der Waals surface area contributed by atoms with Crippen LogP contribution in [0.5, 0.6) is 0 Å². The van der Waals surface area contributed by atoms with E-state index in [4.69, 9.17) is 4.28 Å². The predicted molar refractivity (Wildman–Crippen MR) is 85.7 cm³/mol. The lowest BCUT2D eigenvalue weighted by atomic mass is 10.0. The Bertz CT molecular complexity index is 881. The van der Waals surface area contributed by atoms with Crippen LogP contribution in [-0.2, 0) is 14.4 Å². The fourth-order valence-corrected chi connectivity index (χ4v) is 3.28. The molecule has 24 heavy (non-hydrogen) atoms. The number of hydrogen-bond donors (Lipinski definition) is 0. The van der Waals surface area contributed by atoms with Gasteiger partial charge in [0.2, 0.25) is 0 Å². The second-order valence-electron chi connectivity index (χ2n) is 5.70. The number of benzene rings is 2. The summed E-state index contributed by atoms with van der Waals surface area (Å²) in [6.07, 6.45) is 0. The maximum atomic E-state index is 12.3. The molecule has 2 aromatic rings. The molecule has 2 amide bonds. The molecule has 0 atom stereocenters. The normalized spacial score (nSPS) is 14.4. The van der Waals surface area contributed by atoms with E-state index in [0.29, 0.717) is 0 Å². The first kappa shape index (κ1) is 16.4. The molecule has 0 spiro atoms. The van der Waals surface area contributed by atoms with Crippen LogP contribution in [0.15, 0.2) is 53.4 Å². The van der Waals surface area contributed by atoms with Gasteiger partial charge in [-0.1, -0.05) is 38.1 Å². The lowest BCUT2D eigenvalue weighted by Crippen LogP contribution is -2.32. The van der Waals surface area contributed by atoms with Crippen molar-refractivity contribution in [1.29, 1.82) is 0 Å². The van der Waals surface area contributed by atoms with Crippen molar-refractivity contribution in [2.45, 2.75) is 24.7 Å². The molecule has 0 radical (unpaired) electrons. The molecule has 124 valence electrons. The standard InChI is InChI=1S/C17H15NO5S/c1-11(2)12-7-9-13(10-8-12)24(21,22)23-18-16(19)14-5-3-4-6-15(14)17(18)20/h3-11H,1-2H3. The van der Waals surface area contributed by atoms with Gasteiger partial charge in [-0.2, -0.15) is 8.42 Å². The van der Waals surface area contributed by atoms with Gasteiger partial charge in [-0.05, 0) is 35.7 Å². The molecule has 0 aliphatic carbocycles. The Labute approximate surface area is 139 Å². The molecule has 7 heteroatoms. The van der Waals surface area contributed by atoms with Gasteiger partial charge in [-0.15, -0.1) is 9.35 Å². The monoisotopic (exact) mass is 345 g/mol. The smallest absolute Gasteiger partial charge is 0.266 e. The molecule has 0 N–H and O–H groups in total. The summed E-state index contributed by atoms with van der Waals surface area (Å²) in [6.45, 7) is 3.97. The zero-order valence-electron chi connectivity index (χ0n) is 13.1. The van der Waals surface area contributed by atoms with Crippen molar-refractivity contribution in [2.75, 3.05) is 0 Å². The number of hydroxylamine groups is 2. The maximum Gasteiger partial charge on any atom is 0.318 e. The second-order valence-corrected chi connectivity index (χ2v) is 7.23. The topological polar surface area (TPSA) is 80.8 Å². The van der Waals surface area contributed by atoms with Gasteiger partial charge in [0.15, 0.2) is 0 Å². The SMILES string of the molecule is CC(C)c1ccc(S(=O)(=O)ON2C(=O)c3ccccc3C2=O)cc1. The summed E-state index contributed by atoms with van der Waals surface area (Å²) < 4.78 is 29.5. The van der Waals surface area contributed by atoms with E-state index >= 15 is 0 Å². The van der Waals surface area contributed by atoms with Gasteiger partial charge in [0.25, 0.3) is 11.8 Å². The number of fused-ring (bicyclic) bond motifs is 1. The number of amides is 2. The fraction of sp³-hybridized carbons (Fsp3) is 0.176. The van der Waals surface area contributed by atoms with Crippen LogP contribution in [0.25, 0.3) is 0 Å². The minimum atomic E-state index is -4.29. The Morgan fingerprint density at radius 2 is 1.38 bits per heavy atom. The number of rotatable bonds is 4. The van der Waals surface area contributed by atoms with Crippen LogP contribution < -0.4 is 0 Å². The minimum Gasteiger partial charge on any atom is -0.266 e. The lowest BCUT2D eigenvalue weighted by Gasteiger charge is -2.13. The number of imide groups is 1. The highest BCUT2D eigenvalue weighted by Crippen LogP contribution is 2.26. The van der Waals surface area contributed by atoms with Crippen LogP contribution >= 0.6 is 0 Å². The summed E-state index contributed by atoms with van der Waals surface area (Å²) in [6, 6.07) is 12.2. The summed E-state index contributed by atoms with van der Waals surface area (Å²) in [5, 5.41) is 0.288. The van der Waals surface area contributed by atoms with E-state index in [0.717, 1.165) is 5.56 Å². The average molecular weight is 345 g/mol.